The molecule has 0 saturated heterocycles. The van der Waals surface area contributed by atoms with Crippen LogP contribution in [0.1, 0.15) is 42.1 Å². The normalized spacial score (nSPS) is 14.5. The highest BCUT2D eigenvalue weighted by atomic mass is 32.1. The van der Waals surface area contributed by atoms with E-state index < -0.39 is 12.0 Å². The maximum atomic E-state index is 14.6. The lowest BCUT2D eigenvalue weighted by Gasteiger charge is -2.26. The molecule has 0 radical (unpaired) electrons. The van der Waals surface area contributed by atoms with Gasteiger partial charge in [-0.2, -0.15) is 0 Å². The van der Waals surface area contributed by atoms with Gasteiger partial charge in [-0.1, -0.05) is 114 Å². The number of rotatable bonds is 9. The van der Waals surface area contributed by atoms with Gasteiger partial charge in [0.2, 0.25) is 0 Å². The Morgan fingerprint density at radius 3 is 2.33 bits per heavy atom. The molecule has 2 aromatic heterocycles. The van der Waals surface area contributed by atoms with E-state index in [0.29, 0.717) is 39.5 Å². The standard InChI is InChI=1S/C43H35N3O4S/c1-3-49-33-23-21-30(22-24-33)40-38(42(48)50-4-2)39(29-14-6-5-7-15-29)44-43-46(40)41(47)37(51-43)25-32-27-45(36-20-11-10-19-35(32)36)26-31-17-12-16-28-13-8-9-18-34(28)31/h5-25,27,40H,3-4,26H2,1-2H3/b37-25-/t40-/m1/s1. The highest BCUT2D eigenvalue weighted by Gasteiger charge is 2.35. The lowest BCUT2D eigenvalue weighted by atomic mass is 9.93. The smallest absolute Gasteiger partial charge is 0.338 e. The van der Waals surface area contributed by atoms with Gasteiger partial charge in [-0.05, 0) is 60.0 Å². The number of aromatic nitrogens is 2. The Morgan fingerprint density at radius 2 is 1.55 bits per heavy atom. The molecule has 0 spiro atoms. The van der Waals surface area contributed by atoms with Crippen molar-refractivity contribution in [2.45, 2.75) is 26.4 Å². The van der Waals surface area contributed by atoms with Gasteiger partial charge in [0.05, 0.1) is 35.1 Å². The minimum Gasteiger partial charge on any atom is -0.494 e. The summed E-state index contributed by atoms with van der Waals surface area (Å²) < 4.78 is 15.7. The van der Waals surface area contributed by atoms with E-state index in [4.69, 9.17) is 14.5 Å². The van der Waals surface area contributed by atoms with Crippen LogP contribution < -0.4 is 19.6 Å². The van der Waals surface area contributed by atoms with Gasteiger partial charge in [-0.25, -0.2) is 9.79 Å². The van der Waals surface area contributed by atoms with Crippen molar-refractivity contribution in [1.82, 2.24) is 9.13 Å². The molecule has 0 saturated carbocycles. The molecule has 0 amide bonds. The number of esters is 1. The molecule has 0 aliphatic carbocycles. The molecule has 0 bridgehead atoms. The lowest BCUT2D eigenvalue weighted by molar-refractivity contribution is -0.138. The molecule has 8 heteroatoms. The molecule has 1 atom stereocenters. The van der Waals surface area contributed by atoms with E-state index in [-0.39, 0.29) is 12.2 Å². The van der Waals surface area contributed by atoms with E-state index >= 15 is 0 Å². The first-order valence-corrected chi connectivity index (χ1v) is 17.9. The van der Waals surface area contributed by atoms with Crippen molar-refractivity contribution >= 4 is 50.8 Å². The summed E-state index contributed by atoms with van der Waals surface area (Å²) in [4.78, 5) is 34.0. The van der Waals surface area contributed by atoms with E-state index in [1.807, 2.05) is 79.7 Å². The summed E-state index contributed by atoms with van der Waals surface area (Å²) in [5.74, 6) is 0.197. The third-order valence-electron chi connectivity index (χ3n) is 9.21. The van der Waals surface area contributed by atoms with Gasteiger partial charge in [0.15, 0.2) is 4.80 Å². The van der Waals surface area contributed by atoms with Crippen LogP contribution in [0.5, 0.6) is 5.75 Å². The van der Waals surface area contributed by atoms with Crippen LogP contribution in [0.4, 0.5) is 0 Å². The Morgan fingerprint density at radius 1 is 0.824 bits per heavy atom. The van der Waals surface area contributed by atoms with Crippen LogP contribution in [-0.4, -0.2) is 28.3 Å². The van der Waals surface area contributed by atoms with Gasteiger partial charge in [0.1, 0.15) is 5.75 Å². The fourth-order valence-electron chi connectivity index (χ4n) is 6.94. The first-order valence-electron chi connectivity index (χ1n) is 17.1. The fraction of sp³-hybridized carbons (Fsp3) is 0.140. The lowest BCUT2D eigenvalue weighted by Crippen LogP contribution is -2.40. The molecule has 7 aromatic rings. The van der Waals surface area contributed by atoms with Gasteiger partial charge >= 0.3 is 5.97 Å². The van der Waals surface area contributed by atoms with E-state index in [1.54, 1.807) is 11.5 Å². The molecule has 1 aliphatic rings. The van der Waals surface area contributed by atoms with Crippen LogP contribution >= 0.6 is 11.3 Å². The number of hydrogen-bond acceptors (Lipinski definition) is 6. The van der Waals surface area contributed by atoms with Crippen molar-refractivity contribution in [1.29, 1.82) is 0 Å². The minimum atomic E-state index is -0.763. The molecular weight excluding hydrogens is 655 g/mol. The topological polar surface area (TPSA) is 74.8 Å². The zero-order chi connectivity index (χ0) is 34.9. The molecule has 252 valence electrons. The minimum absolute atomic E-state index is 0.188. The third kappa shape index (κ3) is 5.98. The number of thiazole rings is 1. The molecule has 5 aromatic carbocycles. The van der Waals surface area contributed by atoms with Gasteiger partial charge in [-0.3, -0.25) is 9.36 Å². The average molecular weight is 690 g/mol. The summed E-state index contributed by atoms with van der Waals surface area (Å²) in [6, 6.07) is 39.5. The highest BCUT2D eigenvalue weighted by Crippen LogP contribution is 2.36. The van der Waals surface area contributed by atoms with Crippen molar-refractivity contribution in [3.05, 3.63) is 175 Å². The number of para-hydroxylation sites is 1. The van der Waals surface area contributed by atoms with Crippen LogP contribution in [0.2, 0.25) is 0 Å². The maximum absolute atomic E-state index is 14.6. The molecule has 8 rings (SSSR count). The second-order valence-corrected chi connectivity index (χ2v) is 13.3. The van der Waals surface area contributed by atoms with Crippen molar-refractivity contribution in [3.8, 4) is 5.75 Å². The molecule has 51 heavy (non-hydrogen) atoms. The second-order valence-electron chi connectivity index (χ2n) is 12.3. The first-order chi connectivity index (χ1) is 25.0. The van der Waals surface area contributed by atoms with Gasteiger partial charge in [0.25, 0.3) is 5.56 Å². The SMILES string of the molecule is CCOC(=O)C1=C(c2ccccc2)N=c2s/c(=C\c3cn(Cc4cccc5ccccc45)c4ccccc34)c(=O)n2[C@@H]1c1ccc(OCC)cc1. The molecule has 0 fully saturated rings. The van der Waals surface area contributed by atoms with Crippen LogP contribution in [0.25, 0.3) is 33.4 Å². The predicted molar refractivity (Wildman–Crippen MR) is 204 cm³/mol. The molecular formula is C43H35N3O4S. The Labute approximate surface area is 298 Å². The Bertz CT molecular complexity index is 2630. The van der Waals surface area contributed by atoms with Crippen LogP contribution in [0.3, 0.4) is 0 Å². The Kier molecular flexibility index (Phi) is 8.67. The fourth-order valence-corrected chi connectivity index (χ4v) is 7.94. The van der Waals surface area contributed by atoms with E-state index in [0.717, 1.165) is 27.6 Å². The maximum Gasteiger partial charge on any atom is 0.338 e. The number of benzene rings is 5. The largest absolute Gasteiger partial charge is 0.494 e. The summed E-state index contributed by atoms with van der Waals surface area (Å²) in [6.45, 7) is 5.10. The zero-order valence-corrected chi connectivity index (χ0v) is 29.1. The van der Waals surface area contributed by atoms with Crippen molar-refractivity contribution in [2.24, 2.45) is 4.99 Å². The van der Waals surface area contributed by atoms with E-state index in [2.05, 4.69) is 65.4 Å². The van der Waals surface area contributed by atoms with Crippen molar-refractivity contribution in [3.63, 3.8) is 0 Å². The molecule has 0 N–H and O–H groups in total. The predicted octanol–water partition coefficient (Wildman–Crippen LogP) is 7.49. The summed E-state index contributed by atoms with van der Waals surface area (Å²) in [5.41, 5.74) is 5.34. The first kappa shape index (κ1) is 32.2. The van der Waals surface area contributed by atoms with Crippen LogP contribution in [0, 0.1) is 0 Å². The molecule has 7 nitrogen and oxygen atoms in total. The summed E-state index contributed by atoms with van der Waals surface area (Å²) in [6.07, 6.45) is 4.07. The number of carbonyl (C=O) groups is 1. The third-order valence-corrected chi connectivity index (χ3v) is 10.2. The average Bonchev–Trinajstić information content (AvgIpc) is 3.67. The van der Waals surface area contributed by atoms with Gasteiger partial charge in [0, 0.05) is 34.8 Å². The van der Waals surface area contributed by atoms with Crippen LogP contribution in [-0.2, 0) is 16.1 Å². The van der Waals surface area contributed by atoms with Crippen molar-refractivity contribution in [2.75, 3.05) is 13.2 Å². The quantitative estimate of drug-likeness (QED) is 0.147. The molecule has 1 aliphatic heterocycles. The number of fused-ring (bicyclic) bond motifs is 3. The van der Waals surface area contributed by atoms with Gasteiger partial charge in [-0.15, -0.1) is 0 Å². The highest BCUT2D eigenvalue weighted by molar-refractivity contribution is 7.07. The van der Waals surface area contributed by atoms with E-state index in [1.165, 1.54) is 27.7 Å². The number of hydrogen-bond donors (Lipinski definition) is 0. The van der Waals surface area contributed by atoms with E-state index in [9.17, 15) is 9.59 Å². The number of ether oxygens (including phenoxy) is 2. The molecule has 3 heterocycles. The molecule has 0 unspecified atom stereocenters. The monoisotopic (exact) mass is 689 g/mol. The van der Waals surface area contributed by atoms with Crippen molar-refractivity contribution < 1.29 is 14.3 Å². The van der Waals surface area contributed by atoms with Crippen LogP contribution in [0.15, 0.2) is 143 Å². The summed E-state index contributed by atoms with van der Waals surface area (Å²) >= 11 is 1.32. The Hall–Kier alpha value is -5.99. The second kappa shape index (κ2) is 13.7. The van der Waals surface area contributed by atoms with Gasteiger partial charge < -0.3 is 14.0 Å². The number of nitrogens with zero attached hydrogens (tertiary/aromatic N) is 3. The number of carbonyl (C=O) groups excluding carboxylic acids is 1. The summed E-state index contributed by atoms with van der Waals surface area (Å²) in [5, 5.41) is 3.46. The zero-order valence-electron chi connectivity index (χ0n) is 28.3. The Balaban J connectivity index is 1.32. The summed E-state index contributed by atoms with van der Waals surface area (Å²) in [7, 11) is 0.